The molecule has 4 heterocycles. The van der Waals surface area contributed by atoms with E-state index in [1.807, 2.05) is 19.1 Å². The molecule has 136 valence electrons. The molecule has 0 amide bonds. The molecule has 8 heteroatoms. The van der Waals surface area contributed by atoms with E-state index in [0.29, 0.717) is 18.3 Å². The van der Waals surface area contributed by atoms with Gasteiger partial charge in [0.1, 0.15) is 16.5 Å². The van der Waals surface area contributed by atoms with Gasteiger partial charge in [0.25, 0.3) is 0 Å². The first-order chi connectivity index (χ1) is 13.3. The summed E-state index contributed by atoms with van der Waals surface area (Å²) in [6, 6.07) is 3.72. The first kappa shape index (κ1) is 16.3. The topological polar surface area (TPSA) is 89.6 Å². The van der Waals surface area contributed by atoms with Crippen LogP contribution in [0.3, 0.4) is 0 Å². The van der Waals surface area contributed by atoms with Crippen LogP contribution < -0.4 is 5.32 Å². The molecule has 0 radical (unpaired) electrons. The highest BCUT2D eigenvalue weighted by Crippen LogP contribution is 2.38. The van der Waals surface area contributed by atoms with Gasteiger partial charge in [-0.1, -0.05) is 5.16 Å². The Hall–Kier alpha value is -2.87. The molecule has 0 saturated carbocycles. The number of fused-ring (bicyclic) bond motifs is 3. The van der Waals surface area contributed by atoms with E-state index < -0.39 is 0 Å². The zero-order chi connectivity index (χ0) is 18.2. The summed E-state index contributed by atoms with van der Waals surface area (Å²) in [6.45, 7) is 2.35. The third-order valence-electron chi connectivity index (χ3n) is 4.74. The van der Waals surface area contributed by atoms with Gasteiger partial charge >= 0.3 is 0 Å². The van der Waals surface area contributed by atoms with Gasteiger partial charge in [-0.2, -0.15) is 4.98 Å². The van der Waals surface area contributed by atoms with Crippen LogP contribution in [0.2, 0.25) is 0 Å². The van der Waals surface area contributed by atoms with Gasteiger partial charge in [0.15, 0.2) is 0 Å². The molecule has 27 heavy (non-hydrogen) atoms. The zero-order valence-electron chi connectivity index (χ0n) is 14.9. The van der Waals surface area contributed by atoms with Gasteiger partial charge in [-0.15, -0.1) is 11.3 Å². The molecule has 1 N–H and O–H groups in total. The molecule has 0 unspecified atom stereocenters. The minimum absolute atomic E-state index is 0.425. The van der Waals surface area contributed by atoms with Crippen molar-refractivity contribution in [3.8, 4) is 11.4 Å². The smallest absolute Gasteiger partial charge is 0.246 e. The maximum absolute atomic E-state index is 5.39. The fourth-order valence-electron chi connectivity index (χ4n) is 3.50. The van der Waals surface area contributed by atoms with Crippen LogP contribution in [0.4, 0.5) is 5.82 Å². The van der Waals surface area contributed by atoms with Crippen molar-refractivity contribution in [3.63, 3.8) is 0 Å². The van der Waals surface area contributed by atoms with E-state index in [-0.39, 0.29) is 0 Å². The maximum atomic E-state index is 5.39. The van der Waals surface area contributed by atoms with E-state index >= 15 is 0 Å². The van der Waals surface area contributed by atoms with Crippen molar-refractivity contribution in [2.45, 2.75) is 39.2 Å². The van der Waals surface area contributed by atoms with Crippen LogP contribution in [0.1, 0.15) is 35.0 Å². The van der Waals surface area contributed by atoms with Crippen molar-refractivity contribution in [1.82, 2.24) is 25.1 Å². The van der Waals surface area contributed by atoms with Crippen LogP contribution in [0.5, 0.6) is 0 Å². The van der Waals surface area contributed by atoms with Crippen molar-refractivity contribution >= 4 is 27.4 Å². The number of rotatable bonds is 4. The fraction of sp³-hybridized carbons (Fsp3) is 0.316. The highest BCUT2D eigenvalue weighted by atomic mass is 32.1. The fourth-order valence-corrected chi connectivity index (χ4v) is 4.80. The maximum Gasteiger partial charge on any atom is 0.246 e. The molecule has 7 nitrogen and oxygen atoms in total. The van der Waals surface area contributed by atoms with Crippen LogP contribution >= 0.6 is 11.3 Å². The van der Waals surface area contributed by atoms with E-state index in [0.717, 1.165) is 40.3 Å². The lowest BCUT2D eigenvalue weighted by Crippen LogP contribution is -2.06. The van der Waals surface area contributed by atoms with Crippen LogP contribution in [-0.2, 0) is 19.4 Å². The van der Waals surface area contributed by atoms with Crippen molar-refractivity contribution < 1.29 is 4.52 Å². The molecule has 1 aliphatic carbocycles. The number of hydrogen-bond acceptors (Lipinski definition) is 8. The first-order valence-corrected chi connectivity index (χ1v) is 9.85. The SMILES string of the molecule is Cc1nc(NCc2nc(-c3ccncc3)no2)c2c3c(sc2n1)CCCC3. The lowest BCUT2D eigenvalue weighted by molar-refractivity contribution is 0.384. The lowest BCUT2D eigenvalue weighted by Gasteiger charge is -2.12. The Morgan fingerprint density at radius 3 is 2.85 bits per heavy atom. The summed E-state index contributed by atoms with van der Waals surface area (Å²) < 4.78 is 5.39. The van der Waals surface area contributed by atoms with Gasteiger partial charge in [-0.3, -0.25) is 4.98 Å². The summed E-state index contributed by atoms with van der Waals surface area (Å²) in [6.07, 6.45) is 8.16. The first-order valence-electron chi connectivity index (χ1n) is 9.03. The second-order valence-electron chi connectivity index (χ2n) is 6.61. The predicted molar refractivity (Wildman–Crippen MR) is 104 cm³/mol. The Balaban J connectivity index is 1.44. The molecule has 0 atom stereocenters. The number of hydrogen-bond donors (Lipinski definition) is 1. The molecule has 0 aliphatic heterocycles. The van der Waals surface area contributed by atoms with Crippen LogP contribution in [0, 0.1) is 6.92 Å². The lowest BCUT2D eigenvalue weighted by atomic mass is 9.97. The third kappa shape index (κ3) is 3.06. The Morgan fingerprint density at radius 1 is 1.11 bits per heavy atom. The van der Waals surface area contributed by atoms with Gasteiger partial charge in [0.05, 0.1) is 11.9 Å². The second kappa shape index (κ2) is 6.70. The van der Waals surface area contributed by atoms with Crippen LogP contribution in [-0.4, -0.2) is 25.1 Å². The van der Waals surface area contributed by atoms with Crippen molar-refractivity contribution in [2.24, 2.45) is 0 Å². The zero-order valence-corrected chi connectivity index (χ0v) is 15.7. The van der Waals surface area contributed by atoms with Crippen molar-refractivity contribution in [2.75, 3.05) is 5.32 Å². The van der Waals surface area contributed by atoms with E-state index in [1.165, 1.54) is 23.3 Å². The van der Waals surface area contributed by atoms with Crippen molar-refractivity contribution in [3.05, 3.63) is 46.7 Å². The average Bonchev–Trinajstić information content (AvgIpc) is 3.31. The molecule has 4 aromatic rings. The summed E-state index contributed by atoms with van der Waals surface area (Å²) in [4.78, 5) is 20.3. The Labute approximate surface area is 159 Å². The molecule has 0 saturated heterocycles. The summed E-state index contributed by atoms with van der Waals surface area (Å²) in [7, 11) is 0. The summed E-state index contributed by atoms with van der Waals surface area (Å²) in [5.74, 6) is 2.72. The van der Waals surface area contributed by atoms with Gasteiger partial charge in [0, 0.05) is 22.8 Å². The monoisotopic (exact) mass is 378 g/mol. The van der Waals surface area contributed by atoms with E-state index in [9.17, 15) is 0 Å². The summed E-state index contributed by atoms with van der Waals surface area (Å²) in [5.41, 5.74) is 2.29. The number of thiophene rings is 1. The molecule has 0 aromatic carbocycles. The van der Waals surface area contributed by atoms with Crippen LogP contribution in [0.25, 0.3) is 21.6 Å². The highest BCUT2D eigenvalue weighted by Gasteiger charge is 2.21. The number of pyridine rings is 1. The van der Waals surface area contributed by atoms with Crippen molar-refractivity contribution in [1.29, 1.82) is 0 Å². The van der Waals surface area contributed by atoms with Gasteiger partial charge < -0.3 is 9.84 Å². The largest absolute Gasteiger partial charge is 0.360 e. The molecular formula is C19H18N6OS. The minimum atomic E-state index is 0.425. The molecule has 0 bridgehead atoms. The average molecular weight is 378 g/mol. The predicted octanol–water partition coefficient (Wildman–Crippen LogP) is 3.94. The van der Waals surface area contributed by atoms with E-state index in [4.69, 9.17) is 4.52 Å². The molecular weight excluding hydrogens is 360 g/mol. The van der Waals surface area contributed by atoms with Gasteiger partial charge in [0.2, 0.25) is 11.7 Å². The number of aryl methyl sites for hydroxylation is 3. The molecule has 1 aliphatic rings. The van der Waals surface area contributed by atoms with E-state index in [2.05, 4.69) is 30.4 Å². The normalized spacial score (nSPS) is 13.7. The Kier molecular flexibility index (Phi) is 4.05. The standard InChI is InChI=1S/C19H18N6OS/c1-11-22-18(16-13-4-2-3-5-14(13)27-19(16)23-11)21-10-15-24-17(25-26-15)12-6-8-20-9-7-12/h6-9H,2-5,10H2,1H3,(H,21,22,23). The molecule has 0 fully saturated rings. The highest BCUT2D eigenvalue weighted by molar-refractivity contribution is 7.19. The number of aromatic nitrogens is 5. The summed E-state index contributed by atoms with van der Waals surface area (Å²) >= 11 is 1.80. The number of anilines is 1. The Morgan fingerprint density at radius 2 is 1.96 bits per heavy atom. The molecule has 0 spiro atoms. The quantitative estimate of drug-likeness (QED) is 0.575. The van der Waals surface area contributed by atoms with E-state index in [1.54, 1.807) is 23.7 Å². The minimum Gasteiger partial charge on any atom is -0.360 e. The molecule has 4 aromatic heterocycles. The number of nitrogens with one attached hydrogen (secondary N) is 1. The van der Waals surface area contributed by atoms with Crippen LogP contribution in [0.15, 0.2) is 29.0 Å². The summed E-state index contributed by atoms with van der Waals surface area (Å²) in [5, 5.41) is 8.61. The Bertz CT molecular complexity index is 1100. The molecule has 5 rings (SSSR count). The third-order valence-corrected chi connectivity index (χ3v) is 5.93. The van der Waals surface area contributed by atoms with Gasteiger partial charge in [-0.05, 0) is 50.3 Å². The van der Waals surface area contributed by atoms with Gasteiger partial charge in [-0.25, -0.2) is 9.97 Å². The second-order valence-corrected chi connectivity index (χ2v) is 7.70. The number of nitrogens with zero attached hydrogens (tertiary/aromatic N) is 5.